The van der Waals surface area contributed by atoms with Gasteiger partial charge in [0.25, 0.3) is 0 Å². The first kappa shape index (κ1) is 13.0. The normalized spacial score (nSPS) is 12.3. The van der Waals surface area contributed by atoms with Crippen molar-refractivity contribution >= 4 is 17.4 Å². The molecule has 0 saturated heterocycles. The van der Waals surface area contributed by atoms with Crippen LogP contribution < -0.4 is 4.74 Å². The van der Waals surface area contributed by atoms with E-state index in [2.05, 4.69) is 0 Å². The number of hydrogen-bond acceptors (Lipinski definition) is 2. The molecule has 0 spiro atoms. The lowest BCUT2D eigenvalue weighted by molar-refractivity contribution is -0.120. The van der Waals surface area contributed by atoms with Gasteiger partial charge in [-0.05, 0) is 43.5 Å². The number of ether oxygens (including phenoxy) is 1. The number of aryl methyl sites for hydroxylation is 1. The first-order valence-electron chi connectivity index (χ1n) is 5.29. The highest BCUT2D eigenvalue weighted by molar-refractivity contribution is 6.30. The highest BCUT2D eigenvalue weighted by Crippen LogP contribution is 2.29. The van der Waals surface area contributed by atoms with E-state index in [4.69, 9.17) is 16.3 Å². The summed E-state index contributed by atoms with van der Waals surface area (Å²) in [4.78, 5) is 11.2. The Morgan fingerprint density at radius 3 is 2.62 bits per heavy atom. The third-order valence-electron chi connectivity index (χ3n) is 2.74. The van der Waals surface area contributed by atoms with Crippen molar-refractivity contribution in [1.82, 2.24) is 0 Å². The maximum absolute atomic E-state index is 11.2. The zero-order valence-electron chi connectivity index (χ0n) is 10.1. The van der Waals surface area contributed by atoms with E-state index in [1.54, 1.807) is 14.0 Å². The van der Waals surface area contributed by atoms with Crippen molar-refractivity contribution in [2.24, 2.45) is 5.92 Å². The van der Waals surface area contributed by atoms with E-state index < -0.39 is 0 Å². The van der Waals surface area contributed by atoms with Gasteiger partial charge in [-0.1, -0.05) is 18.5 Å². The summed E-state index contributed by atoms with van der Waals surface area (Å²) in [7, 11) is 1.64. The number of carbonyl (C=O) groups excluding carboxylic acids is 1. The SMILES string of the molecule is COc1c(C)cc(Cl)cc1CC(C)C(C)=O. The number of carbonyl (C=O) groups is 1. The number of benzene rings is 1. The lowest BCUT2D eigenvalue weighted by atomic mass is 9.96. The van der Waals surface area contributed by atoms with Crippen LogP contribution in [0.5, 0.6) is 5.75 Å². The molecule has 0 aromatic heterocycles. The summed E-state index contributed by atoms with van der Waals surface area (Å²) in [6.45, 7) is 5.47. The van der Waals surface area contributed by atoms with E-state index in [-0.39, 0.29) is 11.7 Å². The van der Waals surface area contributed by atoms with Gasteiger partial charge in [-0.25, -0.2) is 0 Å². The zero-order chi connectivity index (χ0) is 12.3. The maximum Gasteiger partial charge on any atom is 0.132 e. The molecule has 2 nitrogen and oxygen atoms in total. The summed E-state index contributed by atoms with van der Waals surface area (Å²) < 4.78 is 5.34. The first-order chi connectivity index (χ1) is 7.45. The lowest BCUT2D eigenvalue weighted by Gasteiger charge is -2.14. The van der Waals surface area contributed by atoms with E-state index in [0.29, 0.717) is 11.4 Å². The fraction of sp³-hybridized carbons (Fsp3) is 0.462. The van der Waals surface area contributed by atoms with Crippen LogP contribution in [0.25, 0.3) is 0 Å². The standard InChI is InChI=1S/C13H17ClO2/c1-8(10(3)15)5-11-7-12(14)6-9(2)13(11)16-4/h6-8H,5H2,1-4H3. The van der Waals surface area contributed by atoms with Gasteiger partial charge in [-0.2, -0.15) is 0 Å². The van der Waals surface area contributed by atoms with Crippen molar-refractivity contribution in [3.63, 3.8) is 0 Å². The average Bonchev–Trinajstić information content (AvgIpc) is 2.16. The maximum atomic E-state index is 11.2. The third kappa shape index (κ3) is 2.99. The smallest absolute Gasteiger partial charge is 0.132 e. The Labute approximate surface area is 102 Å². The number of hydrogen-bond donors (Lipinski definition) is 0. The molecule has 0 aliphatic heterocycles. The Hall–Kier alpha value is -1.02. The summed E-state index contributed by atoms with van der Waals surface area (Å²) >= 11 is 6.00. The zero-order valence-corrected chi connectivity index (χ0v) is 10.9. The van der Waals surface area contributed by atoms with E-state index in [9.17, 15) is 4.79 Å². The van der Waals surface area contributed by atoms with E-state index in [0.717, 1.165) is 16.9 Å². The number of methoxy groups -OCH3 is 1. The third-order valence-corrected chi connectivity index (χ3v) is 2.96. The van der Waals surface area contributed by atoms with Crippen LogP contribution in [-0.4, -0.2) is 12.9 Å². The van der Waals surface area contributed by atoms with Gasteiger partial charge in [0.1, 0.15) is 11.5 Å². The molecule has 0 amide bonds. The molecule has 1 aromatic rings. The van der Waals surface area contributed by atoms with Gasteiger partial charge in [0.15, 0.2) is 0 Å². The van der Waals surface area contributed by atoms with Crippen LogP contribution in [-0.2, 0) is 11.2 Å². The highest BCUT2D eigenvalue weighted by atomic mass is 35.5. The minimum Gasteiger partial charge on any atom is -0.496 e. The Morgan fingerprint density at radius 1 is 1.50 bits per heavy atom. The molecule has 16 heavy (non-hydrogen) atoms. The predicted molar refractivity (Wildman–Crippen MR) is 66.3 cm³/mol. The number of Topliss-reactive ketones (excluding diaryl/α,β-unsaturated/α-hetero) is 1. The van der Waals surface area contributed by atoms with E-state index in [1.807, 2.05) is 26.0 Å². The molecule has 1 atom stereocenters. The Bertz CT molecular complexity index is 399. The van der Waals surface area contributed by atoms with Crippen LogP contribution in [0.1, 0.15) is 25.0 Å². The van der Waals surface area contributed by atoms with Crippen molar-refractivity contribution in [2.45, 2.75) is 27.2 Å². The molecule has 0 N–H and O–H groups in total. The molecule has 0 bridgehead atoms. The molecular weight excluding hydrogens is 224 g/mol. The second kappa shape index (κ2) is 5.35. The molecule has 0 fully saturated rings. The minimum atomic E-state index is -0.00762. The van der Waals surface area contributed by atoms with Gasteiger partial charge in [-0.15, -0.1) is 0 Å². The van der Waals surface area contributed by atoms with Crippen molar-refractivity contribution in [1.29, 1.82) is 0 Å². The number of rotatable bonds is 4. The molecule has 0 aliphatic rings. The minimum absolute atomic E-state index is 0.00762. The van der Waals surface area contributed by atoms with Crippen molar-refractivity contribution in [3.8, 4) is 5.75 Å². The van der Waals surface area contributed by atoms with Crippen LogP contribution in [0.3, 0.4) is 0 Å². The molecule has 0 saturated carbocycles. The van der Waals surface area contributed by atoms with Gasteiger partial charge < -0.3 is 4.74 Å². The fourth-order valence-electron chi connectivity index (χ4n) is 1.72. The first-order valence-corrected chi connectivity index (χ1v) is 5.67. The highest BCUT2D eigenvalue weighted by Gasteiger charge is 2.14. The summed E-state index contributed by atoms with van der Waals surface area (Å²) in [5, 5.41) is 0.684. The van der Waals surface area contributed by atoms with Gasteiger partial charge in [-0.3, -0.25) is 4.79 Å². The quantitative estimate of drug-likeness (QED) is 0.806. The Morgan fingerprint density at radius 2 is 2.12 bits per heavy atom. The molecule has 1 aromatic carbocycles. The summed E-state index contributed by atoms with van der Waals surface area (Å²) in [6, 6.07) is 3.73. The molecule has 0 radical (unpaired) electrons. The number of ketones is 1. The van der Waals surface area contributed by atoms with E-state index in [1.165, 1.54) is 0 Å². The molecule has 1 unspecified atom stereocenters. The predicted octanol–water partition coefficient (Wildman–Crippen LogP) is 3.42. The fourth-order valence-corrected chi connectivity index (χ4v) is 2.01. The van der Waals surface area contributed by atoms with Crippen molar-refractivity contribution in [3.05, 3.63) is 28.3 Å². The summed E-state index contributed by atoms with van der Waals surface area (Å²) in [5.41, 5.74) is 2.00. The van der Waals surface area contributed by atoms with Crippen LogP contribution >= 0.6 is 11.6 Å². The van der Waals surface area contributed by atoms with Gasteiger partial charge >= 0.3 is 0 Å². The number of halogens is 1. The average molecular weight is 241 g/mol. The van der Waals surface area contributed by atoms with Crippen LogP contribution in [0.2, 0.25) is 5.02 Å². The molecule has 88 valence electrons. The van der Waals surface area contributed by atoms with Crippen molar-refractivity contribution < 1.29 is 9.53 Å². The largest absolute Gasteiger partial charge is 0.496 e. The lowest BCUT2D eigenvalue weighted by Crippen LogP contribution is -2.10. The molecule has 3 heteroatoms. The van der Waals surface area contributed by atoms with E-state index >= 15 is 0 Å². The molecule has 1 rings (SSSR count). The molecule has 0 aliphatic carbocycles. The second-order valence-corrected chi connectivity index (χ2v) is 4.57. The van der Waals surface area contributed by atoms with Crippen LogP contribution in [0.4, 0.5) is 0 Å². The van der Waals surface area contributed by atoms with Gasteiger partial charge in [0.05, 0.1) is 7.11 Å². The Balaban J connectivity index is 3.07. The molecular formula is C13H17ClO2. The summed E-state index contributed by atoms with van der Waals surface area (Å²) in [5.74, 6) is 1.00. The van der Waals surface area contributed by atoms with Crippen LogP contribution in [0, 0.1) is 12.8 Å². The monoisotopic (exact) mass is 240 g/mol. The van der Waals surface area contributed by atoms with Crippen molar-refractivity contribution in [2.75, 3.05) is 7.11 Å². The molecule has 0 heterocycles. The van der Waals surface area contributed by atoms with Crippen LogP contribution in [0.15, 0.2) is 12.1 Å². The van der Waals surface area contributed by atoms with Gasteiger partial charge in [0.2, 0.25) is 0 Å². The van der Waals surface area contributed by atoms with Gasteiger partial charge in [0, 0.05) is 10.9 Å². The Kier molecular flexibility index (Phi) is 4.36. The summed E-state index contributed by atoms with van der Waals surface area (Å²) in [6.07, 6.45) is 0.667. The second-order valence-electron chi connectivity index (χ2n) is 4.13. The topological polar surface area (TPSA) is 26.3 Å².